The first kappa shape index (κ1) is 24.6. The number of oxime groups is 1. The van der Waals surface area contributed by atoms with E-state index in [2.05, 4.69) is 5.16 Å². The Hall–Kier alpha value is -1.46. The minimum absolute atomic E-state index is 0.0915. The molecule has 28 heavy (non-hydrogen) atoms. The second-order valence-electron chi connectivity index (χ2n) is 6.45. The van der Waals surface area contributed by atoms with Gasteiger partial charge in [0.05, 0.1) is 12.3 Å². The highest BCUT2D eigenvalue weighted by Crippen LogP contribution is 2.34. The lowest BCUT2D eigenvalue weighted by Gasteiger charge is -2.18. The third kappa shape index (κ3) is 8.70. The molecular weight excluding hydrogens is 404 g/mol. The van der Waals surface area contributed by atoms with Crippen molar-refractivity contribution in [1.82, 2.24) is 0 Å². The van der Waals surface area contributed by atoms with Crippen LogP contribution in [0.5, 0.6) is 11.5 Å². The fraction of sp³-hybridized carbons (Fsp3) is 0.571. The van der Waals surface area contributed by atoms with Crippen molar-refractivity contribution in [3.05, 3.63) is 33.6 Å². The lowest BCUT2D eigenvalue weighted by molar-refractivity contribution is 0.138. The predicted molar refractivity (Wildman–Crippen MR) is 115 cm³/mol. The molecule has 0 aliphatic heterocycles. The zero-order chi connectivity index (χ0) is 20.9. The Morgan fingerprint density at radius 3 is 2.39 bits per heavy atom. The lowest BCUT2D eigenvalue weighted by atomic mass is 10.0. The summed E-state index contributed by atoms with van der Waals surface area (Å²) < 4.78 is 26.4. The monoisotopic (exact) mass is 433 g/mol. The molecule has 0 aliphatic rings. The van der Waals surface area contributed by atoms with Crippen LogP contribution in [0.4, 0.5) is 4.39 Å². The Balaban J connectivity index is 2.68. The molecular formula is C21H30Cl2FNO3. The summed E-state index contributed by atoms with van der Waals surface area (Å²) in [7, 11) is 0. The molecule has 7 heteroatoms. The summed E-state index contributed by atoms with van der Waals surface area (Å²) in [6, 6.07) is 1.69. The molecule has 0 aliphatic carbocycles. The fourth-order valence-electron chi connectivity index (χ4n) is 2.58. The smallest absolute Gasteiger partial charge is 0.171 e. The second-order valence-corrected chi connectivity index (χ2v) is 7.46. The van der Waals surface area contributed by atoms with Gasteiger partial charge in [0.25, 0.3) is 0 Å². The van der Waals surface area contributed by atoms with Crippen molar-refractivity contribution >= 4 is 28.9 Å². The largest absolute Gasteiger partial charge is 0.493 e. The molecule has 0 unspecified atom stereocenters. The number of benzene rings is 1. The highest BCUT2D eigenvalue weighted by atomic mass is 35.5. The Bertz CT molecular complexity index is 670. The van der Waals surface area contributed by atoms with Crippen LogP contribution in [0.15, 0.2) is 21.8 Å². The Morgan fingerprint density at radius 1 is 1.07 bits per heavy atom. The Morgan fingerprint density at radius 2 is 1.79 bits per heavy atom. The lowest BCUT2D eigenvalue weighted by Crippen LogP contribution is -2.08. The first-order valence-corrected chi connectivity index (χ1v) is 10.4. The number of halogens is 3. The molecule has 158 valence electrons. The van der Waals surface area contributed by atoms with Crippen LogP contribution in [-0.4, -0.2) is 25.5 Å². The SMILES string of the molecule is CCc1cc(OCC=C(Cl)Cl)c(F)c(CC)c1OCCCCCON=C(C)C. The van der Waals surface area contributed by atoms with Gasteiger partial charge in [-0.05, 0) is 63.7 Å². The van der Waals surface area contributed by atoms with E-state index in [0.717, 1.165) is 30.5 Å². The van der Waals surface area contributed by atoms with Gasteiger partial charge >= 0.3 is 0 Å². The molecule has 0 amide bonds. The van der Waals surface area contributed by atoms with Crippen LogP contribution in [0.3, 0.4) is 0 Å². The molecule has 0 spiro atoms. The summed E-state index contributed by atoms with van der Waals surface area (Å²) in [5.74, 6) is 0.425. The molecule has 0 saturated carbocycles. The second kappa shape index (κ2) is 13.7. The number of unbranched alkanes of at least 4 members (excludes halogenated alkanes) is 2. The highest BCUT2D eigenvalue weighted by molar-refractivity contribution is 6.55. The van der Waals surface area contributed by atoms with E-state index in [9.17, 15) is 4.39 Å². The molecule has 1 rings (SSSR count). The van der Waals surface area contributed by atoms with Gasteiger partial charge in [0, 0.05) is 5.56 Å². The molecule has 0 fully saturated rings. The summed E-state index contributed by atoms with van der Waals surface area (Å²) in [6.45, 7) is 8.92. The topological polar surface area (TPSA) is 40.0 Å². The molecule has 1 aromatic carbocycles. The van der Waals surface area contributed by atoms with Gasteiger partial charge in [-0.3, -0.25) is 0 Å². The summed E-state index contributed by atoms with van der Waals surface area (Å²) in [5, 5.41) is 3.90. The fourth-order valence-corrected chi connectivity index (χ4v) is 2.71. The molecule has 0 heterocycles. The van der Waals surface area contributed by atoms with Crippen molar-refractivity contribution in [3.63, 3.8) is 0 Å². The summed E-state index contributed by atoms with van der Waals surface area (Å²) in [5.41, 5.74) is 2.36. The number of hydrogen-bond donors (Lipinski definition) is 0. The number of nitrogens with zero attached hydrogens (tertiary/aromatic N) is 1. The van der Waals surface area contributed by atoms with E-state index in [-0.39, 0.29) is 16.8 Å². The Labute approximate surface area is 177 Å². The van der Waals surface area contributed by atoms with Gasteiger partial charge in [-0.25, -0.2) is 4.39 Å². The molecule has 0 atom stereocenters. The average molecular weight is 434 g/mol. The standard InChI is InChI=1S/C21H30Cl2FNO3/c1-5-16-14-18(26-13-10-19(22)23)20(24)17(6-2)21(16)27-11-8-7-9-12-28-25-15(3)4/h10,14H,5-9,11-13H2,1-4H3. The zero-order valence-electron chi connectivity index (χ0n) is 17.1. The highest BCUT2D eigenvalue weighted by Gasteiger charge is 2.18. The van der Waals surface area contributed by atoms with E-state index in [1.54, 1.807) is 6.07 Å². The van der Waals surface area contributed by atoms with E-state index in [1.807, 2.05) is 27.7 Å². The summed E-state index contributed by atoms with van der Waals surface area (Å²) in [4.78, 5) is 5.17. The summed E-state index contributed by atoms with van der Waals surface area (Å²) in [6.07, 6.45) is 5.42. The molecule has 4 nitrogen and oxygen atoms in total. The van der Waals surface area contributed by atoms with Crippen LogP contribution < -0.4 is 9.47 Å². The van der Waals surface area contributed by atoms with Crippen LogP contribution in [0.1, 0.15) is 58.1 Å². The van der Waals surface area contributed by atoms with Gasteiger partial charge in [-0.1, -0.05) is 42.2 Å². The molecule has 0 radical (unpaired) electrons. The van der Waals surface area contributed by atoms with Crippen molar-refractivity contribution < 1.29 is 18.7 Å². The van der Waals surface area contributed by atoms with Crippen LogP contribution in [0.25, 0.3) is 0 Å². The van der Waals surface area contributed by atoms with E-state index < -0.39 is 5.82 Å². The number of ether oxygens (including phenoxy) is 2. The van der Waals surface area contributed by atoms with Crippen molar-refractivity contribution in [2.45, 2.75) is 59.8 Å². The summed E-state index contributed by atoms with van der Waals surface area (Å²) >= 11 is 11.1. The Kier molecular flexibility index (Phi) is 12.0. The maximum absolute atomic E-state index is 14.8. The number of hydrogen-bond acceptors (Lipinski definition) is 4. The van der Waals surface area contributed by atoms with Gasteiger partial charge in [0.2, 0.25) is 0 Å². The van der Waals surface area contributed by atoms with E-state index >= 15 is 0 Å². The van der Waals surface area contributed by atoms with Crippen molar-refractivity contribution in [2.24, 2.45) is 5.16 Å². The quantitative estimate of drug-likeness (QED) is 0.199. The molecule has 0 saturated heterocycles. The first-order chi connectivity index (χ1) is 13.4. The molecule has 0 bridgehead atoms. The zero-order valence-corrected chi connectivity index (χ0v) is 18.6. The van der Waals surface area contributed by atoms with Crippen LogP contribution in [-0.2, 0) is 17.7 Å². The maximum Gasteiger partial charge on any atom is 0.171 e. The molecule has 1 aromatic rings. The van der Waals surface area contributed by atoms with E-state index in [4.69, 9.17) is 37.5 Å². The first-order valence-electron chi connectivity index (χ1n) is 9.64. The van der Waals surface area contributed by atoms with Crippen LogP contribution in [0.2, 0.25) is 0 Å². The van der Waals surface area contributed by atoms with Crippen LogP contribution in [0, 0.1) is 5.82 Å². The normalized spacial score (nSPS) is 10.4. The minimum Gasteiger partial charge on any atom is -0.493 e. The minimum atomic E-state index is -0.394. The van der Waals surface area contributed by atoms with Crippen molar-refractivity contribution in [1.29, 1.82) is 0 Å². The predicted octanol–water partition coefficient (Wildman–Crippen LogP) is 6.61. The third-order valence-corrected chi connectivity index (χ3v) is 4.25. The number of rotatable bonds is 13. The molecule has 0 N–H and O–H groups in total. The van der Waals surface area contributed by atoms with Gasteiger partial charge in [-0.15, -0.1) is 0 Å². The third-order valence-electron chi connectivity index (χ3n) is 3.94. The van der Waals surface area contributed by atoms with Crippen molar-refractivity contribution in [2.75, 3.05) is 19.8 Å². The van der Waals surface area contributed by atoms with Gasteiger partial charge in [0.15, 0.2) is 11.6 Å². The van der Waals surface area contributed by atoms with E-state index in [1.165, 1.54) is 6.08 Å². The average Bonchev–Trinajstić information content (AvgIpc) is 2.64. The van der Waals surface area contributed by atoms with Gasteiger partial charge in [0.1, 0.15) is 23.5 Å². The van der Waals surface area contributed by atoms with Gasteiger partial charge < -0.3 is 14.3 Å². The van der Waals surface area contributed by atoms with Crippen LogP contribution >= 0.6 is 23.2 Å². The van der Waals surface area contributed by atoms with E-state index in [0.29, 0.717) is 37.4 Å². The number of aryl methyl sites for hydroxylation is 1. The van der Waals surface area contributed by atoms with Gasteiger partial charge in [-0.2, -0.15) is 0 Å². The molecule has 0 aromatic heterocycles. The van der Waals surface area contributed by atoms with Crippen molar-refractivity contribution in [3.8, 4) is 11.5 Å². The maximum atomic E-state index is 14.8.